The van der Waals surface area contributed by atoms with Crippen molar-refractivity contribution in [3.8, 4) is 16.9 Å². The van der Waals surface area contributed by atoms with Gasteiger partial charge in [-0.2, -0.15) is 0 Å². The number of ether oxygens (including phenoxy) is 1. The van der Waals surface area contributed by atoms with Crippen molar-refractivity contribution in [1.82, 2.24) is 5.16 Å². The number of carbonyl (C=O) groups is 1. The quantitative estimate of drug-likeness (QED) is 0.527. The molecule has 1 N–H and O–H groups in total. The first-order valence-corrected chi connectivity index (χ1v) is 8.90. The highest BCUT2D eigenvalue weighted by molar-refractivity contribution is 5.88. The SMILES string of the molecule is COc1ccc(C)c(-c2ccc3c(Cc4ccc(C(=O)O)cc4)noc3c2)c1. The van der Waals surface area contributed by atoms with Crippen LogP contribution in [0.5, 0.6) is 5.75 Å². The Morgan fingerprint density at radius 1 is 1.07 bits per heavy atom. The number of benzene rings is 3. The number of aryl methyl sites for hydroxylation is 1. The number of hydrogen-bond donors (Lipinski definition) is 1. The molecule has 4 aromatic rings. The molecule has 0 radical (unpaired) electrons. The number of methoxy groups -OCH3 is 1. The fourth-order valence-corrected chi connectivity index (χ4v) is 3.28. The van der Waals surface area contributed by atoms with Gasteiger partial charge in [-0.25, -0.2) is 4.79 Å². The third-order valence-electron chi connectivity index (χ3n) is 4.87. The molecular weight excluding hydrogens is 354 g/mol. The van der Waals surface area contributed by atoms with Crippen LogP contribution >= 0.6 is 0 Å². The van der Waals surface area contributed by atoms with Crippen molar-refractivity contribution in [2.75, 3.05) is 7.11 Å². The molecule has 5 heteroatoms. The van der Waals surface area contributed by atoms with E-state index in [1.54, 1.807) is 31.4 Å². The first-order chi connectivity index (χ1) is 13.5. The van der Waals surface area contributed by atoms with E-state index in [1.165, 1.54) is 0 Å². The van der Waals surface area contributed by atoms with Gasteiger partial charge in [0.2, 0.25) is 0 Å². The predicted molar refractivity (Wildman–Crippen MR) is 107 cm³/mol. The summed E-state index contributed by atoms with van der Waals surface area (Å²) in [5.41, 5.74) is 6.07. The lowest BCUT2D eigenvalue weighted by Crippen LogP contribution is -1.96. The van der Waals surface area contributed by atoms with Crippen LogP contribution in [0.2, 0.25) is 0 Å². The van der Waals surface area contributed by atoms with E-state index in [9.17, 15) is 4.79 Å². The molecule has 0 aliphatic rings. The van der Waals surface area contributed by atoms with E-state index >= 15 is 0 Å². The maximum Gasteiger partial charge on any atom is 0.335 e. The molecule has 140 valence electrons. The average Bonchev–Trinajstić information content (AvgIpc) is 3.11. The summed E-state index contributed by atoms with van der Waals surface area (Å²) < 4.78 is 10.9. The second-order valence-electron chi connectivity index (χ2n) is 6.70. The van der Waals surface area contributed by atoms with Gasteiger partial charge in [-0.05, 0) is 65.6 Å². The van der Waals surface area contributed by atoms with E-state index in [1.807, 2.05) is 30.3 Å². The first-order valence-electron chi connectivity index (χ1n) is 8.90. The average molecular weight is 373 g/mol. The number of carboxylic acid groups (broad SMARTS) is 1. The second kappa shape index (κ2) is 7.19. The third kappa shape index (κ3) is 3.34. The molecular formula is C23H19NO4. The topological polar surface area (TPSA) is 72.6 Å². The van der Waals surface area contributed by atoms with Crippen molar-refractivity contribution in [2.24, 2.45) is 0 Å². The van der Waals surface area contributed by atoms with Crippen LogP contribution in [-0.4, -0.2) is 23.3 Å². The van der Waals surface area contributed by atoms with Crippen molar-refractivity contribution < 1.29 is 19.2 Å². The van der Waals surface area contributed by atoms with E-state index < -0.39 is 5.97 Å². The minimum atomic E-state index is -0.932. The summed E-state index contributed by atoms with van der Waals surface area (Å²) in [7, 11) is 1.66. The van der Waals surface area contributed by atoms with Crippen molar-refractivity contribution >= 4 is 16.9 Å². The Kier molecular flexibility index (Phi) is 4.57. The van der Waals surface area contributed by atoms with Gasteiger partial charge in [0.05, 0.1) is 18.4 Å². The molecule has 0 unspecified atom stereocenters. The Morgan fingerprint density at radius 2 is 1.86 bits per heavy atom. The van der Waals surface area contributed by atoms with Crippen molar-refractivity contribution in [3.63, 3.8) is 0 Å². The Bertz CT molecular complexity index is 1160. The Morgan fingerprint density at radius 3 is 2.57 bits per heavy atom. The standard InChI is InChI=1S/C23H19NO4/c1-14-3-9-18(27-2)13-20(14)17-8-10-19-21(24-28-22(19)12-17)11-15-4-6-16(7-5-15)23(25)26/h3-10,12-13H,11H2,1-2H3,(H,25,26). The van der Waals surface area contributed by atoms with Gasteiger partial charge in [-0.15, -0.1) is 0 Å². The molecule has 0 bridgehead atoms. The third-order valence-corrected chi connectivity index (χ3v) is 4.87. The summed E-state index contributed by atoms with van der Waals surface area (Å²) in [5, 5.41) is 14.2. The van der Waals surface area contributed by atoms with Gasteiger partial charge in [0, 0.05) is 11.8 Å². The number of fused-ring (bicyclic) bond motifs is 1. The number of carboxylic acids is 1. The minimum absolute atomic E-state index is 0.270. The molecule has 0 aliphatic heterocycles. The molecule has 5 nitrogen and oxygen atoms in total. The lowest BCUT2D eigenvalue weighted by Gasteiger charge is -2.08. The summed E-state index contributed by atoms with van der Waals surface area (Å²) in [5.74, 6) is -0.123. The number of nitrogens with zero attached hydrogens (tertiary/aromatic N) is 1. The van der Waals surface area contributed by atoms with Crippen LogP contribution in [0.25, 0.3) is 22.1 Å². The molecule has 0 amide bonds. The molecule has 1 heterocycles. The number of aromatic carboxylic acids is 1. The zero-order valence-corrected chi connectivity index (χ0v) is 15.6. The van der Waals surface area contributed by atoms with Gasteiger partial charge in [-0.3, -0.25) is 0 Å². The van der Waals surface area contributed by atoms with E-state index in [2.05, 4.69) is 18.1 Å². The molecule has 0 saturated carbocycles. The minimum Gasteiger partial charge on any atom is -0.497 e. The van der Waals surface area contributed by atoms with Gasteiger partial charge in [0.1, 0.15) is 5.75 Å². The highest BCUT2D eigenvalue weighted by Crippen LogP contribution is 2.31. The van der Waals surface area contributed by atoms with Gasteiger partial charge in [0.25, 0.3) is 0 Å². The fourth-order valence-electron chi connectivity index (χ4n) is 3.28. The second-order valence-corrected chi connectivity index (χ2v) is 6.70. The summed E-state index contributed by atoms with van der Waals surface area (Å²) >= 11 is 0. The van der Waals surface area contributed by atoms with Crippen molar-refractivity contribution in [3.05, 3.63) is 83.0 Å². The van der Waals surface area contributed by atoms with Gasteiger partial charge in [-0.1, -0.05) is 29.4 Å². The number of rotatable bonds is 5. The van der Waals surface area contributed by atoms with Gasteiger partial charge < -0.3 is 14.4 Å². The summed E-state index contributed by atoms with van der Waals surface area (Å²) in [6.07, 6.45) is 0.574. The maximum absolute atomic E-state index is 11.0. The van der Waals surface area contributed by atoms with Crippen LogP contribution in [0.3, 0.4) is 0 Å². The zero-order valence-electron chi connectivity index (χ0n) is 15.6. The summed E-state index contributed by atoms with van der Waals surface area (Å²) in [6.45, 7) is 2.06. The van der Waals surface area contributed by atoms with Crippen LogP contribution < -0.4 is 4.74 Å². The van der Waals surface area contributed by atoms with Crippen LogP contribution in [0.1, 0.15) is 27.2 Å². The molecule has 0 aliphatic carbocycles. The van der Waals surface area contributed by atoms with Crippen LogP contribution in [-0.2, 0) is 6.42 Å². The van der Waals surface area contributed by atoms with E-state index in [4.69, 9.17) is 14.4 Å². The Balaban J connectivity index is 1.66. The molecule has 1 aromatic heterocycles. The molecule has 0 saturated heterocycles. The van der Waals surface area contributed by atoms with Crippen molar-refractivity contribution in [2.45, 2.75) is 13.3 Å². The van der Waals surface area contributed by atoms with Crippen LogP contribution in [0.15, 0.2) is 65.2 Å². The summed E-state index contributed by atoms with van der Waals surface area (Å²) in [4.78, 5) is 11.0. The normalized spacial score (nSPS) is 10.9. The zero-order chi connectivity index (χ0) is 19.7. The molecule has 0 spiro atoms. The van der Waals surface area contributed by atoms with Crippen LogP contribution in [0.4, 0.5) is 0 Å². The number of hydrogen-bond acceptors (Lipinski definition) is 4. The van der Waals surface area contributed by atoms with Crippen LogP contribution in [0, 0.1) is 6.92 Å². The highest BCUT2D eigenvalue weighted by Gasteiger charge is 2.12. The van der Waals surface area contributed by atoms with Gasteiger partial charge in [0.15, 0.2) is 5.58 Å². The lowest BCUT2D eigenvalue weighted by molar-refractivity contribution is 0.0697. The molecule has 3 aromatic carbocycles. The number of aromatic nitrogens is 1. The predicted octanol–water partition coefficient (Wildman–Crippen LogP) is 5.10. The molecule has 0 fully saturated rings. The van der Waals surface area contributed by atoms with Crippen molar-refractivity contribution in [1.29, 1.82) is 0 Å². The monoisotopic (exact) mass is 373 g/mol. The Labute approximate surface area is 162 Å². The fraction of sp³-hybridized carbons (Fsp3) is 0.130. The largest absolute Gasteiger partial charge is 0.497 e. The molecule has 28 heavy (non-hydrogen) atoms. The molecule has 0 atom stereocenters. The van der Waals surface area contributed by atoms with E-state index in [0.717, 1.165) is 44.7 Å². The Hall–Kier alpha value is -3.60. The maximum atomic E-state index is 11.0. The lowest BCUT2D eigenvalue weighted by atomic mass is 9.98. The molecule has 4 rings (SSSR count). The summed E-state index contributed by atoms with van der Waals surface area (Å²) in [6, 6.07) is 18.9. The van der Waals surface area contributed by atoms with E-state index in [0.29, 0.717) is 6.42 Å². The first kappa shape index (κ1) is 17.8. The van der Waals surface area contributed by atoms with E-state index in [-0.39, 0.29) is 5.56 Å². The van der Waals surface area contributed by atoms with Gasteiger partial charge >= 0.3 is 5.97 Å². The highest BCUT2D eigenvalue weighted by atomic mass is 16.5. The smallest absolute Gasteiger partial charge is 0.335 e.